The first kappa shape index (κ1) is 20.3. The lowest BCUT2D eigenvalue weighted by Gasteiger charge is -2.15. The molecule has 0 spiro atoms. The van der Waals surface area contributed by atoms with E-state index >= 15 is 0 Å². The lowest BCUT2D eigenvalue weighted by molar-refractivity contribution is -0.122. The minimum Gasteiger partial charge on any atom is -0.457 e. The molecule has 7 heteroatoms. The molecule has 4 rings (SSSR count). The Kier molecular flexibility index (Phi) is 6.21. The van der Waals surface area contributed by atoms with Gasteiger partial charge in [0.05, 0.1) is 11.6 Å². The maximum atomic E-state index is 12.6. The van der Waals surface area contributed by atoms with Crippen molar-refractivity contribution in [2.75, 3.05) is 12.0 Å². The quantitative estimate of drug-likeness (QED) is 0.416. The summed E-state index contributed by atoms with van der Waals surface area (Å²) < 4.78 is 6.68. The first-order valence-corrected chi connectivity index (χ1v) is 10.8. The van der Waals surface area contributed by atoms with E-state index in [1.165, 1.54) is 4.90 Å². The van der Waals surface area contributed by atoms with E-state index in [9.17, 15) is 9.59 Å². The van der Waals surface area contributed by atoms with Gasteiger partial charge < -0.3 is 10.1 Å². The molecular formula is C23H17BrN2O3S. The van der Waals surface area contributed by atoms with E-state index in [2.05, 4.69) is 21.2 Å². The van der Waals surface area contributed by atoms with Crippen molar-refractivity contribution in [2.24, 2.45) is 0 Å². The zero-order valence-electron chi connectivity index (χ0n) is 15.7. The van der Waals surface area contributed by atoms with Crippen LogP contribution in [0.4, 0.5) is 10.5 Å². The highest BCUT2D eigenvalue weighted by Gasteiger charge is 2.34. The van der Waals surface area contributed by atoms with Crippen molar-refractivity contribution in [2.45, 2.75) is 0 Å². The predicted octanol–water partition coefficient (Wildman–Crippen LogP) is 6.35. The van der Waals surface area contributed by atoms with Gasteiger partial charge in [-0.15, -0.1) is 0 Å². The van der Waals surface area contributed by atoms with Crippen LogP contribution in [0.2, 0.25) is 0 Å². The van der Waals surface area contributed by atoms with Crippen LogP contribution in [0.15, 0.2) is 88.2 Å². The van der Waals surface area contributed by atoms with Crippen molar-refractivity contribution < 1.29 is 14.3 Å². The number of hydrogen-bond acceptors (Lipinski definition) is 5. The number of carbonyl (C=O) groups excluding carboxylic acids is 2. The molecule has 150 valence electrons. The van der Waals surface area contributed by atoms with Gasteiger partial charge in [-0.25, -0.2) is 0 Å². The highest BCUT2D eigenvalue weighted by molar-refractivity contribution is 9.10. The van der Waals surface area contributed by atoms with E-state index in [4.69, 9.17) is 4.74 Å². The maximum Gasteiger partial charge on any atom is 0.295 e. The molecule has 30 heavy (non-hydrogen) atoms. The van der Waals surface area contributed by atoms with Crippen LogP contribution in [0.3, 0.4) is 0 Å². The number of anilines is 1. The van der Waals surface area contributed by atoms with Crippen molar-refractivity contribution in [3.63, 3.8) is 0 Å². The SMILES string of the molecule is O=C1S/C(=C/c2cccc(Br)c2)C(=O)N1CNc1ccc(Oc2ccccc2)cc1. The highest BCUT2D eigenvalue weighted by atomic mass is 79.9. The second-order valence-corrected chi connectivity index (χ2v) is 8.35. The van der Waals surface area contributed by atoms with E-state index in [-0.39, 0.29) is 17.8 Å². The molecule has 0 atom stereocenters. The third kappa shape index (κ3) is 4.93. The Morgan fingerprint density at radius 3 is 2.40 bits per heavy atom. The molecule has 1 aliphatic rings. The van der Waals surface area contributed by atoms with E-state index in [1.807, 2.05) is 78.9 Å². The molecule has 2 amide bonds. The molecule has 0 aliphatic carbocycles. The second-order valence-electron chi connectivity index (χ2n) is 6.44. The number of rotatable bonds is 6. The summed E-state index contributed by atoms with van der Waals surface area (Å²) in [6.07, 6.45) is 1.73. The van der Waals surface area contributed by atoms with E-state index in [0.717, 1.165) is 33.2 Å². The van der Waals surface area contributed by atoms with Crippen molar-refractivity contribution in [1.82, 2.24) is 4.90 Å². The summed E-state index contributed by atoms with van der Waals surface area (Å²) in [4.78, 5) is 26.5. The van der Waals surface area contributed by atoms with Crippen LogP contribution in [-0.2, 0) is 4.79 Å². The number of carbonyl (C=O) groups is 2. The van der Waals surface area contributed by atoms with Crippen LogP contribution < -0.4 is 10.1 Å². The number of nitrogens with one attached hydrogen (secondary N) is 1. The molecule has 1 heterocycles. The molecule has 0 unspecified atom stereocenters. The third-order valence-corrected chi connectivity index (χ3v) is 5.70. The fourth-order valence-electron chi connectivity index (χ4n) is 2.82. The van der Waals surface area contributed by atoms with Crippen molar-refractivity contribution in [3.8, 4) is 11.5 Å². The summed E-state index contributed by atoms with van der Waals surface area (Å²) in [7, 11) is 0. The number of amides is 2. The van der Waals surface area contributed by atoms with Crippen molar-refractivity contribution in [3.05, 3.63) is 93.8 Å². The lowest BCUT2D eigenvalue weighted by atomic mass is 10.2. The molecule has 1 N–H and O–H groups in total. The van der Waals surface area contributed by atoms with Crippen molar-refractivity contribution in [1.29, 1.82) is 0 Å². The molecule has 0 bridgehead atoms. The number of halogens is 1. The Hall–Kier alpha value is -3.03. The average Bonchev–Trinajstić information content (AvgIpc) is 3.01. The average molecular weight is 481 g/mol. The predicted molar refractivity (Wildman–Crippen MR) is 123 cm³/mol. The normalized spacial score (nSPS) is 15.0. The van der Waals surface area contributed by atoms with Crippen LogP contribution in [-0.4, -0.2) is 22.7 Å². The molecule has 0 saturated carbocycles. The van der Waals surface area contributed by atoms with Gasteiger partial charge in [0.15, 0.2) is 0 Å². The van der Waals surface area contributed by atoms with Gasteiger partial charge in [0.2, 0.25) is 0 Å². The monoisotopic (exact) mass is 480 g/mol. The molecule has 0 radical (unpaired) electrons. The number of para-hydroxylation sites is 1. The topological polar surface area (TPSA) is 58.6 Å². The van der Waals surface area contributed by atoms with Gasteiger partial charge >= 0.3 is 0 Å². The van der Waals surface area contributed by atoms with Crippen LogP contribution in [0.5, 0.6) is 11.5 Å². The van der Waals surface area contributed by atoms with Crippen LogP contribution in [0, 0.1) is 0 Å². The Labute approximate surface area is 186 Å². The highest BCUT2D eigenvalue weighted by Crippen LogP contribution is 2.32. The molecule has 0 aromatic heterocycles. The van der Waals surface area contributed by atoms with Gasteiger partial charge in [0.25, 0.3) is 11.1 Å². The summed E-state index contributed by atoms with van der Waals surface area (Å²) >= 11 is 4.35. The van der Waals surface area contributed by atoms with Gasteiger partial charge in [0, 0.05) is 10.2 Å². The Morgan fingerprint density at radius 1 is 0.933 bits per heavy atom. The lowest BCUT2D eigenvalue weighted by Crippen LogP contribution is -2.33. The maximum absolute atomic E-state index is 12.6. The van der Waals surface area contributed by atoms with Gasteiger partial charge in [-0.2, -0.15) is 0 Å². The standard InChI is InChI=1S/C23H17BrN2O3S/c24-17-6-4-5-16(13-17)14-21-22(27)26(23(28)30-21)15-25-18-9-11-20(12-10-18)29-19-7-2-1-3-8-19/h1-14,25H,15H2/b21-14+. The Balaban J connectivity index is 1.37. The summed E-state index contributed by atoms with van der Waals surface area (Å²) in [6.45, 7) is 0.0966. The molecule has 3 aromatic carbocycles. The van der Waals surface area contributed by atoms with E-state index in [1.54, 1.807) is 6.08 Å². The molecular weight excluding hydrogens is 464 g/mol. The van der Waals surface area contributed by atoms with Gasteiger partial charge in [-0.1, -0.05) is 46.3 Å². The fraction of sp³-hybridized carbons (Fsp3) is 0.0435. The molecule has 1 fully saturated rings. The van der Waals surface area contributed by atoms with Crippen LogP contribution in [0.25, 0.3) is 6.08 Å². The number of benzene rings is 3. The minimum atomic E-state index is -0.304. The third-order valence-electron chi connectivity index (χ3n) is 4.29. The largest absolute Gasteiger partial charge is 0.457 e. The van der Waals surface area contributed by atoms with Crippen LogP contribution >= 0.6 is 27.7 Å². The zero-order chi connectivity index (χ0) is 20.9. The number of ether oxygens (including phenoxy) is 1. The van der Waals surface area contributed by atoms with Gasteiger partial charge in [0.1, 0.15) is 11.5 Å². The Morgan fingerprint density at radius 2 is 1.67 bits per heavy atom. The minimum absolute atomic E-state index is 0.0966. The number of thioether (sulfide) groups is 1. The molecule has 1 aliphatic heterocycles. The molecule has 3 aromatic rings. The summed E-state index contributed by atoms with van der Waals surface area (Å²) in [5, 5.41) is 2.82. The second kappa shape index (κ2) is 9.19. The first-order valence-electron chi connectivity index (χ1n) is 9.16. The molecule has 1 saturated heterocycles. The number of imide groups is 1. The van der Waals surface area contributed by atoms with Gasteiger partial charge in [-0.3, -0.25) is 14.5 Å². The first-order chi connectivity index (χ1) is 14.6. The van der Waals surface area contributed by atoms with E-state index in [0.29, 0.717) is 10.7 Å². The summed E-state index contributed by atoms with van der Waals surface area (Å²) in [5.41, 5.74) is 1.64. The Bertz CT molecular complexity index is 1100. The number of hydrogen-bond donors (Lipinski definition) is 1. The molecule has 5 nitrogen and oxygen atoms in total. The van der Waals surface area contributed by atoms with Crippen LogP contribution in [0.1, 0.15) is 5.56 Å². The van der Waals surface area contributed by atoms with Gasteiger partial charge in [-0.05, 0) is 71.9 Å². The fourth-order valence-corrected chi connectivity index (χ4v) is 4.08. The number of nitrogens with zero attached hydrogens (tertiary/aromatic N) is 1. The summed E-state index contributed by atoms with van der Waals surface area (Å²) in [6, 6.07) is 24.4. The summed E-state index contributed by atoms with van der Waals surface area (Å²) in [5.74, 6) is 1.16. The smallest absolute Gasteiger partial charge is 0.295 e. The zero-order valence-corrected chi connectivity index (χ0v) is 18.2. The van der Waals surface area contributed by atoms with E-state index < -0.39 is 0 Å². The van der Waals surface area contributed by atoms with Crippen molar-refractivity contribution >= 4 is 50.6 Å².